The van der Waals surface area contributed by atoms with Crippen LogP contribution in [0.1, 0.15) is 82.9 Å². The van der Waals surface area contributed by atoms with Crippen LogP contribution >= 0.6 is 11.6 Å². The summed E-state index contributed by atoms with van der Waals surface area (Å²) < 4.78 is 9.75. The van der Waals surface area contributed by atoms with Gasteiger partial charge in [-0.15, -0.1) is 0 Å². The number of carbonyl (C=O) groups excluding carboxylic acids is 2. The van der Waals surface area contributed by atoms with Crippen LogP contribution in [0.2, 0.25) is 5.28 Å². The van der Waals surface area contributed by atoms with Crippen molar-refractivity contribution in [2.75, 3.05) is 49.2 Å². The number of aromatic nitrogens is 6. The Hall–Kier alpha value is -3.97. The molecule has 13 nitrogen and oxygen atoms in total. The van der Waals surface area contributed by atoms with Gasteiger partial charge in [0, 0.05) is 66.9 Å². The first-order chi connectivity index (χ1) is 22.0. The lowest BCUT2D eigenvalue weighted by atomic mass is 9.98. The summed E-state index contributed by atoms with van der Waals surface area (Å²) in [4.78, 5) is 52.2. The molecule has 4 fully saturated rings. The number of aryl methyl sites for hydroxylation is 3. The number of halogens is 1. The predicted molar refractivity (Wildman–Crippen MR) is 171 cm³/mol. The van der Waals surface area contributed by atoms with Gasteiger partial charge < -0.3 is 24.4 Å². The van der Waals surface area contributed by atoms with Gasteiger partial charge in [-0.2, -0.15) is 0 Å². The highest BCUT2D eigenvalue weighted by molar-refractivity contribution is 6.28. The average Bonchev–Trinajstić information content (AvgIpc) is 3.91. The lowest BCUT2D eigenvalue weighted by Crippen LogP contribution is -2.49. The van der Waals surface area contributed by atoms with Crippen LogP contribution in [-0.2, 0) is 16.1 Å². The third-order valence-corrected chi connectivity index (χ3v) is 8.91. The first-order valence-electron chi connectivity index (χ1n) is 15.6. The minimum Gasteiger partial charge on any atom is -0.462 e. The molecule has 0 aromatic carbocycles. The van der Waals surface area contributed by atoms with Crippen molar-refractivity contribution in [3.05, 3.63) is 57.6 Å². The molecule has 0 amide bonds. The van der Waals surface area contributed by atoms with Crippen molar-refractivity contribution in [3.63, 3.8) is 0 Å². The van der Waals surface area contributed by atoms with Gasteiger partial charge in [0.05, 0.1) is 42.3 Å². The van der Waals surface area contributed by atoms with Gasteiger partial charge in [0.1, 0.15) is 0 Å². The Balaban J connectivity index is 0.000000138. The Kier molecular flexibility index (Phi) is 10.0. The molecule has 0 unspecified atom stereocenters. The Morgan fingerprint density at radius 1 is 0.739 bits per heavy atom. The summed E-state index contributed by atoms with van der Waals surface area (Å²) in [5, 5.41) is 9.15. The molecule has 0 bridgehead atoms. The third kappa shape index (κ3) is 7.69. The molecule has 2 aliphatic heterocycles. The number of aliphatic hydroxyl groups is 1. The molecule has 4 aliphatic rings. The number of aliphatic hydroxyl groups excluding tert-OH is 1. The van der Waals surface area contributed by atoms with Crippen molar-refractivity contribution in [1.82, 2.24) is 29.9 Å². The molecule has 2 saturated heterocycles. The number of ether oxygens (including phenoxy) is 2. The van der Waals surface area contributed by atoms with E-state index in [-0.39, 0.29) is 17.9 Å². The summed E-state index contributed by atoms with van der Waals surface area (Å²) in [6, 6.07) is 0. The van der Waals surface area contributed by atoms with Crippen molar-refractivity contribution in [2.24, 2.45) is 10.8 Å². The Morgan fingerprint density at radius 3 is 1.57 bits per heavy atom. The second kappa shape index (κ2) is 13.8. The lowest BCUT2D eigenvalue weighted by Gasteiger charge is -2.40. The average molecular weight is 653 g/mol. The van der Waals surface area contributed by atoms with Gasteiger partial charge in [0.15, 0.2) is 0 Å². The number of hydrogen-bond acceptors (Lipinski definition) is 13. The molecule has 3 aromatic heterocycles. The van der Waals surface area contributed by atoms with Gasteiger partial charge in [0.25, 0.3) is 0 Å². The molecular formula is C32H41ClN8O5. The second-order valence-electron chi connectivity index (χ2n) is 12.4. The fourth-order valence-electron chi connectivity index (χ4n) is 5.45. The third-order valence-electron chi connectivity index (χ3n) is 8.73. The van der Waals surface area contributed by atoms with Gasteiger partial charge in [0.2, 0.25) is 17.2 Å². The van der Waals surface area contributed by atoms with Crippen molar-refractivity contribution in [1.29, 1.82) is 0 Å². The van der Waals surface area contributed by atoms with Crippen LogP contribution in [0.3, 0.4) is 0 Å². The van der Waals surface area contributed by atoms with Crippen molar-refractivity contribution >= 4 is 35.4 Å². The maximum Gasteiger partial charge on any atom is 0.341 e. The first-order valence-corrected chi connectivity index (χ1v) is 16.0. The summed E-state index contributed by atoms with van der Waals surface area (Å²) in [6.45, 7) is 14.0. The van der Waals surface area contributed by atoms with Gasteiger partial charge in [-0.3, -0.25) is 0 Å². The normalized spacial score (nSPS) is 17.5. The molecule has 2 spiro atoms. The minimum absolute atomic E-state index is 0.0239. The quantitative estimate of drug-likeness (QED) is 0.288. The van der Waals surface area contributed by atoms with E-state index in [0.29, 0.717) is 46.6 Å². The van der Waals surface area contributed by atoms with E-state index in [1.165, 1.54) is 31.9 Å². The number of anilines is 2. The van der Waals surface area contributed by atoms with Crippen LogP contribution < -0.4 is 9.80 Å². The molecule has 0 atom stereocenters. The Labute approximate surface area is 273 Å². The molecule has 3 aromatic rings. The maximum absolute atomic E-state index is 11.6. The highest BCUT2D eigenvalue weighted by Crippen LogP contribution is 2.54. The van der Waals surface area contributed by atoms with E-state index < -0.39 is 5.97 Å². The maximum atomic E-state index is 11.6. The lowest BCUT2D eigenvalue weighted by molar-refractivity contribution is 0.0514. The highest BCUT2D eigenvalue weighted by Gasteiger charge is 2.53. The van der Waals surface area contributed by atoms with Crippen LogP contribution in [0.25, 0.3) is 0 Å². The number of rotatable bonds is 7. The van der Waals surface area contributed by atoms with E-state index in [4.69, 9.17) is 26.2 Å². The van der Waals surface area contributed by atoms with E-state index >= 15 is 0 Å². The fraction of sp³-hybridized carbons (Fsp3) is 0.562. The van der Waals surface area contributed by atoms with Crippen LogP contribution in [-0.4, -0.2) is 86.3 Å². The molecule has 5 heterocycles. The van der Waals surface area contributed by atoms with Gasteiger partial charge in [-0.05, 0) is 71.9 Å². The zero-order valence-electron chi connectivity index (χ0n) is 27.0. The number of nitrogens with zero attached hydrogens (tertiary/aromatic N) is 8. The molecule has 0 radical (unpaired) electrons. The van der Waals surface area contributed by atoms with Crippen LogP contribution in [0, 0.1) is 31.6 Å². The summed E-state index contributed by atoms with van der Waals surface area (Å²) in [5.41, 5.74) is 4.95. The number of esters is 2. The fourth-order valence-corrected chi connectivity index (χ4v) is 5.62. The first kappa shape index (κ1) is 33.4. The van der Waals surface area contributed by atoms with Crippen LogP contribution in [0.5, 0.6) is 0 Å². The summed E-state index contributed by atoms with van der Waals surface area (Å²) in [6.07, 6.45) is 10.1. The molecule has 1 N–H and O–H groups in total. The topological polar surface area (TPSA) is 157 Å². The Morgan fingerprint density at radius 2 is 1.17 bits per heavy atom. The molecular weight excluding hydrogens is 612 g/mol. The molecule has 2 saturated carbocycles. The molecule has 7 rings (SSSR count). The highest BCUT2D eigenvalue weighted by atomic mass is 35.5. The van der Waals surface area contributed by atoms with E-state index in [0.717, 1.165) is 49.3 Å². The molecule has 246 valence electrons. The van der Waals surface area contributed by atoms with Gasteiger partial charge >= 0.3 is 11.9 Å². The molecule has 2 aliphatic carbocycles. The SMILES string of the molecule is CCOC(=O)c1cnc(Cl)nc1C.CCOC(=O)c1cnc(N2CC3(CC3)C2)nc1C.Cc1nc(N2CC3(CC3)C2)ncc1CO. The van der Waals surface area contributed by atoms with Crippen molar-refractivity contribution in [2.45, 2.75) is 66.9 Å². The van der Waals surface area contributed by atoms with E-state index in [2.05, 4.69) is 39.7 Å². The zero-order valence-corrected chi connectivity index (χ0v) is 27.8. The minimum atomic E-state index is -0.420. The van der Waals surface area contributed by atoms with E-state index in [1.54, 1.807) is 33.2 Å². The number of hydrogen-bond donors (Lipinski definition) is 1. The van der Waals surface area contributed by atoms with Crippen LogP contribution in [0.4, 0.5) is 11.9 Å². The smallest absolute Gasteiger partial charge is 0.341 e. The molecule has 46 heavy (non-hydrogen) atoms. The van der Waals surface area contributed by atoms with Gasteiger partial charge in [-0.25, -0.2) is 39.5 Å². The standard InChI is InChI=1S/C13H17N3O2.C11H15N3O.C8H9ClN2O2/c1-3-18-11(17)10-6-14-12(15-9(10)2)16-7-13(8-16)4-5-13;1-8-9(5-15)4-12-10(13-8)14-6-11(7-14)2-3-11;1-3-13-7(12)6-4-10-8(9)11-5(6)2/h6H,3-5,7-8H2,1-2H3;4,15H,2-3,5-7H2,1H3;4H,3H2,1-2H3. The van der Waals surface area contributed by atoms with E-state index in [9.17, 15) is 9.59 Å². The number of carbonyl (C=O) groups is 2. The van der Waals surface area contributed by atoms with Gasteiger partial charge in [-0.1, -0.05) is 0 Å². The summed E-state index contributed by atoms with van der Waals surface area (Å²) in [5.74, 6) is 0.792. The summed E-state index contributed by atoms with van der Waals surface area (Å²) in [7, 11) is 0. The van der Waals surface area contributed by atoms with Crippen LogP contribution in [0.15, 0.2) is 18.6 Å². The second-order valence-corrected chi connectivity index (χ2v) is 12.7. The Bertz CT molecular complexity index is 1580. The summed E-state index contributed by atoms with van der Waals surface area (Å²) >= 11 is 5.52. The van der Waals surface area contributed by atoms with Crippen molar-refractivity contribution in [3.8, 4) is 0 Å². The monoisotopic (exact) mass is 652 g/mol. The predicted octanol–water partition coefficient (Wildman–Crippen LogP) is 4.05. The largest absolute Gasteiger partial charge is 0.462 e. The van der Waals surface area contributed by atoms with E-state index in [1.807, 2.05) is 13.8 Å². The zero-order chi connectivity index (χ0) is 33.1. The van der Waals surface area contributed by atoms with Crippen molar-refractivity contribution < 1.29 is 24.2 Å². The molecule has 14 heteroatoms.